The number of esters is 1. The van der Waals surface area contributed by atoms with Gasteiger partial charge in [-0.05, 0) is 23.6 Å². The maximum atomic E-state index is 11.0. The van der Waals surface area contributed by atoms with E-state index in [9.17, 15) is 4.79 Å². The minimum Gasteiger partial charge on any atom is -0.469 e. The molecule has 2 rings (SSSR count). The van der Waals surface area contributed by atoms with E-state index in [1.807, 2.05) is 51.3 Å². The number of hydrogen-bond donors (Lipinski definition) is 0. The number of thiophene rings is 1. The van der Waals surface area contributed by atoms with Crippen molar-refractivity contribution >= 4 is 27.5 Å². The van der Waals surface area contributed by atoms with Crippen LogP contribution in [0.4, 0.5) is 0 Å². The summed E-state index contributed by atoms with van der Waals surface area (Å²) in [7, 11) is 1.38. The van der Waals surface area contributed by atoms with Gasteiger partial charge in [-0.3, -0.25) is 9.78 Å². The predicted molar refractivity (Wildman–Crippen MR) is 78.0 cm³/mol. The van der Waals surface area contributed by atoms with Crippen molar-refractivity contribution in [3.63, 3.8) is 0 Å². The Hall–Kier alpha value is -1.42. The van der Waals surface area contributed by atoms with Crippen LogP contribution in [0.2, 0.25) is 0 Å². The molecule has 0 saturated carbocycles. The molecule has 0 aromatic carbocycles. The summed E-state index contributed by atoms with van der Waals surface area (Å²) in [5, 5.41) is 1.99. The van der Waals surface area contributed by atoms with Crippen LogP contribution >= 0.6 is 11.3 Å². The molecule has 0 spiro atoms. The van der Waals surface area contributed by atoms with Gasteiger partial charge in [-0.25, -0.2) is 0 Å². The summed E-state index contributed by atoms with van der Waals surface area (Å²) in [5.74, 6) is -0.257. The Balaban J connectivity index is 0.000000659. The molecule has 0 aliphatic heterocycles. The number of ether oxygens (including phenoxy) is 1. The van der Waals surface area contributed by atoms with Crippen LogP contribution in [-0.2, 0) is 16.0 Å². The summed E-state index contributed by atoms with van der Waals surface area (Å²) in [6.45, 7) is 8.00. The molecule has 2 aromatic heterocycles. The van der Waals surface area contributed by atoms with Crippen molar-refractivity contribution in [2.24, 2.45) is 0 Å². The van der Waals surface area contributed by atoms with Crippen molar-refractivity contribution in [3.05, 3.63) is 29.3 Å². The van der Waals surface area contributed by atoms with E-state index < -0.39 is 0 Å². The highest BCUT2D eigenvalue weighted by Gasteiger charge is 2.05. The molecule has 0 aliphatic rings. The Bertz CT molecular complexity index is 466. The topological polar surface area (TPSA) is 39.2 Å². The van der Waals surface area contributed by atoms with E-state index in [4.69, 9.17) is 0 Å². The second-order valence-electron chi connectivity index (χ2n) is 2.86. The highest BCUT2D eigenvalue weighted by molar-refractivity contribution is 7.17. The third-order valence-electron chi connectivity index (χ3n) is 1.92. The van der Waals surface area contributed by atoms with Crippen molar-refractivity contribution in [1.82, 2.24) is 4.98 Å². The Morgan fingerprint density at radius 3 is 2.50 bits per heavy atom. The summed E-state index contributed by atoms with van der Waals surface area (Å²) in [6, 6.07) is 5.78. The fourth-order valence-electron chi connectivity index (χ4n) is 1.21. The number of fused-ring (bicyclic) bond motifs is 1. The second-order valence-corrected chi connectivity index (χ2v) is 3.81. The van der Waals surface area contributed by atoms with Gasteiger partial charge in [0.1, 0.15) is 0 Å². The van der Waals surface area contributed by atoms with Crippen molar-refractivity contribution in [2.75, 3.05) is 7.11 Å². The normalized spacial score (nSPS) is 8.72. The standard InChI is InChI=1S/C10H9NO2S.2C2H6/c1-13-10(12)6-7-2-3-9-8(11-7)4-5-14-9;2*1-2/h2-5H,6H2,1H3;2*1-2H3. The fraction of sp³-hybridized carbons (Fsp3) is 0.429. The number of carbonyl (C=O) groups excluding carboxylic acids is 1. The van der Waals surface area contributed by atoms with E-state index in [0.29, 0.717) is 0 Å². The zero-order chi connectivity index (χ0) is 14.0. The molecule has 18 heavy (non-hydrogen) atoms. The molecule has 2 aromatic rings. The van der Waals surface area contributed by atoms with Gasteiger partial charge in [0, 0.05) is 0 Å². The first-order chi connectivity index (χ1) is 8.79. The molecule has 0 saturated heterocycles. The average Bonchev–Trinajstić information content (AvgIpc) is 2.90. The first-order valence-corrected chi connectivity index (χ1v) is 7.07. The minimum atomic E-state index is -0.257. The molecule has 2 heterocycles. The third kappa shape index (κ3) is 4.84. The maximum Gasteiger partial charge on any atom is 0.311 e. The first kappa shape index (κ1) is 16.6. The number of nitrogens with zero attached hydrogens (tertiary/aromatic N) is 1. The van der Waals surface area contributed by atoms with Gasteiger partial charge < -0.3 is 4.74 Å². The van der Waals surface area contributed by atoms with Crippen LogP contribution in [0.1, 0.15) is 33.4 Å². The second kappa shape index (κ2) is 9.59. The number of hydrogen-bond acceptors (Lipinski definition) is 4. The highest BCUT2D eigenvalue weighted by Crippen LogP contribution is 2.18. The molecule has 0 radical (unpaired) electrons. The monoisotopic (exact) mass is 267 g/mol. The Morgan fingerprint density at radius 2 is 1.89 bits per heavy atom. The molecule has 0 aliphatic carbocycles. The van der Waals surface area contributed by atoms with Gasteiger partial charge in [0.15, 0.2) is 0 Å². The van der Waals surface area contributed by atoms with E-state index in [1.54, 1.807) is 11.3 Å². The lowest BCUT2D eigenvalue weighted by atomic mass is 10.2. The number of aromatic nitrogens is 1. The quantitative estimate of drug-likeness (QED) is 0.770. The summed E-state index contributed by atoms with van der Waals surface area (Å²) in [4.78, 5) is 15.3. The fourth-order valence-corrected chi connectivity index (χ4v) is 1.94. The molecule has 0 fully saturated rings. The lowest BCUT2D eigenvalue weighted by Gasteiger charge is -1.98. The van der Waals surface area contributed by atoms with Crippen molar-refractivity contribution in [1.29, 1.82) is 0 Å². The molecular weight excluding hydrogens is 246 g/mol. The van der Waals surface area contributed by atoms with Crippen LogP contribution in [0, 0.1) is 0 Å². The van der Waals surface area contributed by atoms with Crippen LogP contribution in [0.3, 0.4) is 0 Å². The molecule has 0 atom stereocenters. The largest absolute Gasteiger partial charge is 0.469 e. The Labute approximate surface area is 113 Å². The molecule has 0 bridgehead atoms. The number of carbonyl (C=O) groups is 1. The van der Waals surface area contributed by atoms with Crippen LogP contribution in [0.15, 0.2) is 23.6 Å². The van der Waals surface area contributed by atoms with Gasteiger partial charge in [-0.1, -0.05) is 27.7 Å². The van der Waals surface area contributed by atoms with E-state index in [-0.39, 0.29) is 12.4 Å². The number of rotatable bonds is 2. The van der Waals surface area contributed by atoms with Crippen molar-refractivity contribution < 1.29 is 9.53 Å². The summed E-state index contributed by atoms with van der Waals surface area (Å²) < 4.78 is 5.71. The van der Waals surface area contributed by atoms with Gasteiger partial charge in [-0.2, -0.15) is 0 Å². The van der Waals surface area contributed by atoms with Crippen LogP contribution < -0.4 is 0 Å². The van der Waals surface area contributed by atoms with Gasteiger partial charge >= 0.3 is 5.97 Å². The van der Waals surface area contributed by atoms with E-state index in [0.717, 1.165) is 15.9 Å². The van der Waals surface area contributed by atoms with Gasteiger partial charge in [0.05, 0.1) is 29.4 Å². The van der Waals surface area contributed by atoms with Crippen LogP contribution in [0.5, 0.6) is 0 Å². The zero-order valence-electron chi connectivity index (χ0n) is 11.7. The van der Waals surface area contributed by atoms with Crippen LogP contribution in [0.25, 0.3) is 10.2 Å². The molecule has 0 unspecified atom stereocenters. The third-order valence-corrected chi connectivity index (χ3v) is 2.79. The number of pyridine rings is 1. The highest BCUT2D eigenvalue weighted by atomic mass is 32.1. The Kier molecular flexibility index (Phi) is 8.84. The van der Waals surface area contributed by atoms with Crippen molar-refractivity contribution in [2.45, 2.75) is 34.1 Å². The summed E-state index contributed by atoms with van der Waals surface area (Å²) in [5.41, 5.74) is 1.69. The summed E-state index contributed by atoms with van der Waals surface area (Å²) in [6.07, 6.45) is 0.238. The average molecular weight is 267 g/mol. The van der Waals surface area contributed by atoms with Crippen LogP contribution in [-0.4, -0.2) is 18.1 Å². The lowest BCUT2D eigenvalue weighted by molar-refractivity contribution is -0.139. The first-order valence-electron chi connectivity index (χ1n) is 6.19. The van der Waals surface area contributed by atoms with E-state index in [1.165, 1.54) is 7.11 Å². The van der Waals surface area contributed by atoms with Crippen molar-refractivity contribution in [3.8, 4) is 0 Å². The van der Waals surface area contributed by atoms with E-state index >= 15 is 0 Å². The number of methoxy groups -OCH3 is 1. The van der Waals surface area contributed by atoms with Gasteiger partial charge in [0.25, 0.3) is 0 Å². The van der Waals surface area contributed by atoms with Gasteiger partial charge in [-0.15, -0.1) is 11.3 Å². The molecule has 100 valence electrons. The van der Waals surface area contributed by atoms with Gasteiger partial charge in [0.2, 0.25) is 0 Å². The maximum absolute atomic E-state index is 11.0. The predicted octanol–water partition coefficient (Wildman–Crippen LogP) is 4.06. The summed E-state index contributed by atoms with van der Waals surface area (Å²) >= 11 is 1.64. The van der Waals surface area contributed by atoms with E-state index in [2.05, 4.69) is 9.72 Å². The molecule has 4 heteroatoms. The smallest absolute Gasteiger partial charge is 0.311 e. The molecular formula is C14H21NO2S. The zero-order valence-corrected chi connectivity index (χ0v) is 12.5. The lowest BCUT2D eigenvalue weighted by Crippen LogP contribution is -2.05. The molecule has 0 amide bonds. The minimum absolute atomic E-state index is 0.238. The molecule has 3 nitrogen and oxygen atoms in total. The Morgan fingerprint density at radius 1 is 1.22 bits per heavy atom. The SMILES string of the molecule is CC.CC.COC(=O)Cc1ccc2sccc2n1. The molecule has 0 N–H and O–H groups in total.